The normalized spacial score (nSPS) is 14.9. The molecular formula is C22H23ClN4O4S. The van der Waals surface area contributed by atoms with Crippen molar-refractivity contribution >= 4 is 33.2 Å². The number of carbonyl (C=O) groups is 1. The second-order valence-electron chi connectivity index (χ2n) is 8.00. The highest BCUT2D eigenvalue weighted by atomic mass is 35.5. The molecule has 1 amide bonds. The Kier molecular flexibility index (Phi) is 6.07. The standard InChI is InChI=1S/C22H23ClN4O4S/c1-12-4-5-16(20-25-22(31-26-20)15-6-7-15)11-19(12)32(29,30)27-14(3)21(28)24-18-9-8-17(23)10-13(18)2/h4-5,8-11,14-15,27H,6-7H2,1-3H3,(H,24,28). The molecule has 4 rings (SSSR count). The van der Waals surface area contributed by atoms with Crippen LogP contribution in [0.4, 0.5) is 5.69 Å². The van der Waals surface area contributed by atoms with Crippen LogP contribution in [-0.4, -0.2) is 30.5 Å². The molecule has 0 saturated heterocycles. The van der Waals surface area contributed by atoms with Gasteiger partial charge in [0.25, 0.3) is 0 Å². The molecule has 10 heteroatoms. The number of rotatable bonds is 7. The van der Waals surface area contributed by atoms with Crippen LogP contribution < -0.4 is 10.0 Å². The Balaban J connectivity index is 1.52. The number of nitrogens with one attached hydrogen (secondary N) is 2. The van der Waals surface area contributed by atoms with Gasteiger partial charge in [0, 0.05) is 22.2 Å². The quantitative estimate of drug-likeness (QED) is 0.530. The second-order valence-corrected chi connectivity index (χ2v) is 10.1. The van der Waals surface area contributed by atoms with E-state index in [1.54, 1.807) is 44.2 Å². The first kappa shape index (κ1) is 22.4. The van der Waals surface area contributed by atoms with E-state index in [4.69, 9.17) is 16.1 Å². The van der Waals surface area contributed by atoms with E-state index in [2.05, 4.69) is 20.2 Å². The largest absolute Gasteiger partial charge is 0.339 e. The average Bonchev–Trinajstić information content (AvgIpc) is 3.47. The van der Waals surface area contributed by atoms with Crippen LogP contribution in [0.15, 0.2) is 45.8 Å². The first-order valence-corrected chi connectivity index (χ1v) is 12.0. The van der Waals surface area contributed by atoms with Crippen LogP contribution in [0.5, 0.6) is 0 Å². The summed E-state index contributed by atoms with van der Waals surface area (Å²) >= 11 is 5.94. The van der Waals surface area contributed by atoms with Crippen molar-refractivity contribution in [2.75, 3.05) is 5.32 Å². The van der Waals surface area contributed by atoms with Crippen molar-refractivity contribution in [1.29, 1.82) is 0 Å². The van der Waals surface area contributed by atoms with Gasteiger partial charge in [-0.05, 0) is 69.0 Å². The fourth-order valence-electron chi connectivity index (χ4n) is 3.24. The van der Waals surface area contributed by atoms with Crippen molar-refractivity contribution in [1.82, 2.24) is 14.9 Å². The first-order chi connectivity index (χ1) is 15.1. The number of halogens is 1. The maximum absolute atomic E-state index is 13.1. The van der Waals surface area contributed by atoms with Crippen molar-refractivity contribution in [3.63, 3.8) is 0 Å². The Morgan fingerprint density at radius 3 is 2.59 bits per heavy atom. The number of hydrogen-bond acceptors (Lipinski definition) is 6. The third kappa shape index (κ3) is 4.85. The molecule has 8 nitrogen and oxygen atoms in total. The molecule has 0 spiro atoms. The third-order valence-electron chi connectivity index (χ3n) is 5.28. The van der Waals surface area contributed by atoms with Gasteiger partial charge >= 0.3 is 0 Å². The maximum Gasteiger partial charge on any atom is 0.242 e. The number of hydrogen-bond donors (Lipinski definition) is 2. The summed E-state index contributed by atoms with van der Waals surface area (Å²) in [7, 11) is -3.99. The minimum absolute atomic E-state index is 0.0510. The van der Waals surface area contributed by atoms with Gasteiger partial charge < -0.3 is 9.84 Å². The van der Waals surface area contributed by atoms with E-state index in [-0.39, 0.29) is 4.90 Å². The van der Waals surface area contributed by atoms with Crippen LogP contribution in [-0.2, 0) is 14.8 Å². The fourth-order valence-corrected chi connectivity index (χ4v) is 4.94. The Bertz CT molecular complexity index is 1280. The predicted molar refractivity (Wildman–Crippen MR) is 121 cm³/mol. The van der Waals surface area contributed by atoms with Gasteiger partial charge in [0.15, 0.2) is 0 Å². The predicted octanol–water partition coefficient (Wildman–Crippen LogP) is 4.19. The molecule has 0 radical (unpaired) electrons. The summed E-state index contributed by atoms with van der Waals surface area (Å²) < 4.78 is 33.9. The molecule has 0 bridgehead atoms. The molecule has 168 valence electrons. The smallest absolute Gasteiger partial charge is 0.242 e. The lowest BCUT2D eigenvalue weighted by Gasteiger charge is -2.17. The van der Waals surface area contributed by atoms with Crippen molar-refractivity contribution < 1.29 is 17.7 Å². The fraction of sp³-hybridized carbons (Fsp3) is 0.318. The van der Waals surface area contributed by atoms with Crippen LogP contribution in [0.2, 0.25) is 5.02 Å². The molecule has 0 aliphatic heterocycles. The Morgan fingerprint density at radius 2 is 1.91 bits per heavy atom. The minimum atomic E-state index is -3.99. The van der Waals surface area contributed by atoms with Crippen molar-refractivity contribution in [3.05, 3.63) is 58.4 Å². The summed E-state index contributed by atoms with van der Waals surface area (Å²) in [5, 5.41) is 7.25. The lowest BCUT2D eigenvalue weighted by atomic mass is 10.1. The zero-order valence-electron chi connectivity index (χ0n) is 17.8. The summed E-state index contributed by atoms with van der Waals surface area (Å²) in [4.78, 5) is 17.0. The van der Waals surface area contributed by atoms with Crippen molar-refractivity contribution in [2.45, 2.75) is 50.5 Å². The zero-order chi connectivity index (χ0) is 23.0. The minimum Gasteiger partial charge on any atom is -0.339 e. The van der Waals surface area contributed by atoms with Gasteiger partial charge in [-0.15, -0.1) is 0 Å². The number of anilines is 1. The number of amides is 1. The van der Waals surface area contributed by atoms with E-state index in [9.17, 15) is 13.2 Å². The van der Waals surface area contributed by atoms with Crippen LogP contribution in [0.25, 0.3) is 11.4 Å². The molecule has 1 aliphatic carbocycles. The molecule has 1 aliphatic rings. The SMILES string of the molecule is Cc1cc(Cl)ccc1NC(=O)C(C)NS(=O)(=O)c1cc(-c2noc(C3CC3)n2)ccc1C. The summed E-state index contributed by atoms with van der Waals surface area (Å²) in [5.41, 5.74) is 2.40. The molecule has 1 aromatic heterocycles. The Hall–Kier alpha value is -2.75. The van der Waals surface area contributed by atoms with Gasteiger partial charge in [0.05, 0.1) is 10.9 Å². The van der Waals surface area contributed by atoms with Crippen LogP contribution in [0.3, 0.4) is 0 Å². The number of aromatic nitrogens is 2. The van der Waals surface area contributed by atoms with E-state index in [1.165, 1.54) is 13.0 Å². The summed E-state index contributed by atoms with van der Waals surface area (Å²) in [5.74, 6) is 0.730. The molecule has 1 saturated carbocycles. The van der Waals surface area contributed by atoms with E-state index < -0.39 is 22.0 Å². The van der Waals surface area contributed by atoms with Crippen LogP contribution in [0, 0.1) is 13.8 Å². The molecule has 32 heavy (non-hydrogen) atoms. The van der Waals surface area contributed by atoms with E-state index in [0.717, 1.165) is 18.4 Å². The van der Waals surface area contributed by atoms with E-state index >= 15 is 0 Å². The number of nitrogens with zero attached hydrogens (tertiary/aromatic N) is 2. The third-order valence-corrected chi connectivity index (χ3v) is 7.19. The number of benzene rings is 2. The van der Waals surface area contributed by atoms with Gasteiger partial charge in [-0.3, -0.25) is 4.79 Å². The Morgan fingerprint density at radius 1 is 1.16 bits per heavy atom. The highest BCUT2D eigenvalue weighted by Gasteiger charge is 2.30. The van der Waals surface area contributed by atoms with E-state index in [1.807, 2.05) is 0 Å². The lowest BCUT2D eigenvalue weighted by molar-refractivity contribution is -0.117. The molecule has 2 aromatic carbocycles. The number of carbonyl (C=O) groups excluding carboxylic acids is 1. The van der Waals surface area contributed by atoms with Gasteiger partial charge in [-0.25, -0.2) is 8.42 Å². The van der Waals surface area contributed by atoms with Crippen molar-refractivity contribution in [3.8, 4) is 11.4 Å². The van der Waals surface area contributed by atoms with Gasteiger partial charge in [0.2, 0.25) is 27.6 Å². The topological polar surface area (TPSA) is 114 Å². The molecular weight excluding hydrogens is 452 g/mol. The molecule has 1 heterocycles. The van der Waals surface area contributed by atoms with E-state index in [0.29, 0.717) is 39.5 Å². The van der Waals surface area contributed by atoms with Gasteiger partial charge in [0.1, 0.15) is 0 Å². The highest BCUT2D eigenvalue weighted by molar-refractivity contribution is 7.89. The number of aryl methyl sites for hydroxylation is 2. The lowest BCUT2D eigenvalue weighted by Crippen LogP contribution is -2.41. The maximum atomic E-state index is 13.1. The first-order valence-electron chi connectivity index (χ1n) is 10.2. The molecule has 2 N–H and O–H groups in total. The van der Waals surface area contributed by atoms with Crippen molar-refractivity contribution in [2.24, 2.45) is 0 Å². The Labute approximate surface area is 191 Å². The average molecular weight is 475 g/mol. The van der Waals surface area contributed by atoms with Gasteiger partial charge in [-0.2, -0.15) is 9.71 Å². The molecule has 1 unspecified atom stereocenters. The summed E-state index contributed by atoms with van der Waals surface area (Å²) in [6.45, 7) is 4.97. The highest BCUT2D eigenvalue weighted by Crippen LogP contribution is 2.39. The van der Waals surface area contributed by atoms with Crippen LogP contribution in [0.1, 0.15) is 42.7 Å². The van der Waals surface area contributed by atoms with Gasteiger partial charge in [-0.1, -0.05) is 28.9 Å². The number of sulfonamides is 1. The second kappa shape index (κ2) is 8.65. The molecule has 1 fully saturated rings. The molecule has 3 aromatic rings. The summed E-state index contributed by atoms with van der Waals surface area (Å²) in [6.07, 6.45) is 2.04. The molecule has 1 atom stereocenters. The van der Waals surface area contributed by atoms with Crippen LogP contribution >= 0.6 is 11.6 Å². The monoisotopic (exact) mass is 474 g/mol. The zero-order valence-corrected chi connectivity index (χ0v) is 19.4. The summed E-state index contributed by atoms with van der Waals surface area (Å²) in [6, 6.07) is 8.95.